The van der Waals surface area contributed by atoms with E-state index in [1.54, 1.807) is 22.7 Å². The van der Waals surface area contributed by atoms with Crippen molar-refractivity contribution >= 4 is 44.7 Å². The van der Waals surface area contributed by atoms with Crippen LogP contribution in [0, 0.1) is 6.92 Å². The molecule has 110 valence electrons. The molecule has 21 heavy (non-hydrogen) atoms. The Morgan fingerprint density at radius 1 is 1.14 bits per heavy atom. The molecule has 7 heteroatoms. The van der Waals surface area contributed by atoms with Gasteiger partial charge in [-0.2, -0.15) is 4.98 Å². The Kier molecular flexibility index (Phi) is 4.31. The van der Waals surface area contributed by atoms with Gasteiger partial charge in [0, 0.05) is 17.6 Å². The summed E-state index contributed by atoms with van der Waals surface area (Å²) in [4.78, 5) is 14.6. The zero-order chi connectivity index (χ0) is 14.7. The second-order valence-corrected chi connectivity index (χ2v) is 6.54. The molecule has 3 rings (SSSR count). The van der Waals surface area contributed by atoms with Crippen molar-refractivity contribution in [2.75, 3.05) is 17.2 Å². The van der Waals surface area contributed by atoms with Gasteiger partial charge in [0.05, 0.1) is 11.9 Å². The van der Waals surface area contributed by atoms with Gasteiger partial charge in [-0.05, 0) is 24.8 Å². The molecule has 0 unspecified atom stereocenters. The van der Waals surface area contributed by atoms with E-state index in [0.717, 1.165) is 39.7 Å². The van der Waals surface area contributed by atoms with Crippen LogP contribution in [0.2, 0.25) is 0 Å². The number of hydrogen-bond donors (Lipinski definition) is 2. The highest BCUT2D eigenvalue weighted by Gasteiger charge is 2.09. The molecular formula is C14H17N5S2. The molecule has 0 saturated carbocycles. The Bertz CT molecular complexity index is 734. The quantitative estimate of drug-likeness (QED) is 0.721. The minimum absolute atomic E-state index is 0.685. The van der Waals surface area contributed by atoms with E-state index in [9.17, 15) is 0 Å². The molecule has 0 atom stereocenters. The summed E-state index contributed by atoms with van der Waals surface area (Å²) in [6.07, 6.45) is 1.05. The summed E-state index contributed by atoms with van der Waals surface area (Å²) in [6, 6.07) is 2.05. The smallest absolute Gasteiger partial charge is 0.226 e. The van der Waals surface area contributed by atoms with Crippen LogP contribution in [0.15, 0.2) is 16.8 Å². The van der Waals surface area contributed by atoms with E-state index in [4.69, 9.17) is 0 Å². The van der Waals surface area contributed by atoms with E-state index in [1.807, 2.05) is 12.3 Å². The zero-order valence-corrected chi connectivity index (χ0v) is 13.6. The molecule has 0 aliphatic rings. The Hall–Kier alpha value is -1.73. The molecule has 5 nitrogen and oxygen atoms in total. The molecule has 0 saturated heterocycles. The van der Waals surface area contributed by atoms with E-state index in [2.05, 4.69) is 44.0 Å². The number of thiophene rings is 1. The van der Waals surface area contributed by atoms with Gasteiger partial charge < -0.3 is 10.6 Å². The lowest BCUT2D eigenvalue weighted by Gasteiger charge is -2.08. The summed E-state index contributed by atoms with van der Waals surface area (Å²) in [5, 5.41) is 12.9. The lowest BCUT2D eigenvalue weighted by molar-refractivity contribution is 0.955. The van der Waals surface area contributed by atoms with E-state index in [-0.39, 0.29) is 0 Å². The first-order chi connectivity index (χ1) is 10.3. The van der Waals surface area contributed by atoms with Gasteiger partial charge in [0.1, 0.15) is 15.7 Å². The summed E-state index contributed by atoms with van der Waals surface area (Å²) in [5.74, 6) is 1.55. The number of hydrogen-bond acceptors (Lipinski definition) is 7. The average Bonchev–Trinajstić information content (AvgIpc) is 3.11. The fraction of sp³-hybridized carbons (Fsp3) is 0.357. The first-order valence-electron chi connectivity index (χ1n) is 6.90. The summed E-state index contributed by atoms with van der Waals surface area (Å²) in [7, 11) is 0. The highest BCUT2D eigenvalue weighted by atomic mass is 32.1. The molecule has 3 aromatic heterocycles. The molecule has 2 N–H and O–H groups in total. The van der Waals surface area contributed by atoms with Crippen molar-refractivity contribution in [3.05, 3.63) is 27.5 Å². The normalized spacial score (nSPS) is 11.0. The largest absolute Gasteiger partial charge is 0.363 e. The Morgan fingerprint density at radius 3 is 2.81 bits per heavy atom. The van der Waals surface area contributed by atoms with Crippen molar-refractivity contribution in [2.24, 2.45) is 0 Å². The summed E-state index contributed by atoms with van der Waals surface area (Å²) in [5.41, 5.74) is 1.06. The number of thiazole rings is 1. The van der Waals surface area contributed by atoms with E-state index in [1.165, 1.54) is 0 Å². The van der Waals surface area contributed by atoms with Crippen molar-refractivity contribution in [2.45, 2.75) is 26.8 Å². The second-order valence-electron chi connectivity index (χ2n) is 4.70. The van der Waals surface area contributed by atoms with Crippen LogP contribution in [-0.2, 0) is 6.54 Å². The second kappa shape index (κ2) is 6.36. The minimum atomic E-state index is 0.685. The SMILES string of the molecule is CCCNc1nc(NCc2nc(C)cs2)c2ccsc2n1. The molecule has 3 aromatic rings. The standard InChI is InChI=1S/C14H17N5S2/c1-3-5-15-14-18-12(10-4-6-20-13(10)19-14)16-7-11-17-9(2)8-21-11/h4,6,8H,3,5,7H2,1-2H3,(H2,15,16,18,19). The van der Waals surface area contributed by atoms with E-state index >= 15 is 0 Å². The van der Waals surface area contributed by atoms with Crippen LogP contribution in [0.1, 0.15) is 24.0 Å². The number of anilines is 2. The van der Waals surface area contributed by atoms with Crippen molar-refractivity contribution < 1.29 is 0 Å². The van der Waals surface area contributed by atoms with Crippen LogP contribution in [0.3, 0.4) is 0 Å². The van der Waals surface area contributed by atoms with Gasteiger partial charge in [-0.3, -0.25) is 0 Å². The van der Waals surface area contributed by atoms with Gasteiger partial charge in [0.15, 0.2) is 0 Å². The molecule has 0 aliphatic heterocycles. The Labute approximate surface area is 131 Å². The molecule has 0 fully saturated rings. The Balaban J connectivity index is 1.83. The molecule has 0 bridgehead atoms. The molecular weight excluding hydrogens is 302 g/mol. The number of rotatable bonds is 6. The van der Waals surface area contributed by atoms with Crippen molar-refractivity contribution in [1.29, 1.82) is 0 Å². The molecule has 0 spiro atoms. The molecule has 0 amide bonds. The van der Waals surface area contributed by atoms with Crippen LogP contribution < -0.4 is 10.6 Å². The van der Waals surface area contributed by atoms with E-state index in [0.29, 0.717) is 12.5 Å². The highest BCUT2D eigenvalue weighted by Crippen LogP contribution is 2.27. The van der Waals surface area contributed by atoms with Crippen LogP contribution in [0.25, 0.3) is 10.2 Å². The van der Waals surface area contributed by atoms with Crippen molar-refractivity contribution in [1.82, 2.24) is 15.0 Å². The number of aryl methyl sites for hydroxylation is 1. The average molecular weight is 319 g/mol. The maximum atomic E-state index is 4.58. The lowest BCUT2D eigenvalue weighted by Crippen LogP contribution is -2.07. The highest BCUT2D eigenvalue weighted by molar-refractivity contribution is 7.16. The maximum absolute atomic E-state index is 4.58. The minimum Gasteiger partial charge on any atom is -0.363 e. The maximum Gasteiger partial charge on any atom is 0.226 e. The summed E-state index contributed by atoms with van der Waals surface area (Å²) >= 11 is 3.30. The fourth-order valence-corrected chi connectivity index (χ4v) is 3.42. The van der Waals surface area contributed by atoms with Gasteiger partial charge in [0.25, 0.3) is 0 Å². The van der Waals surface area contributed by atoms with Gasteiger partial charge in [0.2, 0.25) is 5.95 Å². The molecule has 0 aliphatic carbocycles. The topological polar surface area (TPSA) is 62.7 Å². The van der Waals surface area contributed by atoms with E-state index < -0.39 is 0 Å². The monoisotopic (exact) mass is 319 g/mol. The Morgan fingerprint density at radius 2 is 2.05 bits per heavy atom. The van der Waals surface area contributed by atoms with Crippen LogP contribution >= 0.6 is 22.7 Å². The third-order valence-corrected chi connectivity index (χ3v) is 4.71. The predicted octanol–water partition coefficient (Wildman–Crippen LogP) is 3.89. The van der Waals surface area contributed by atoms with Gasteiger partial charge >= 0.3 is 0 Å². The summed E-state index contributed by atoms with van der Waals surface area (Å²) in [6.45, 7) is 5.70. The lowest BCUT2D eigenvalue weighted by atomic mass is 10.4. The number of nitrogens with one attached hydrogen (secondary N) is 2. The van der Waals surface area contributed by atoms with Crippen molar-refractivity contribution in [3.8, 4) is 0 Å². The third kappa shape index (κ3) is 3.30. The van der Waals surface area contributed by atoms with Gasteiger partial charge in [-0.25, -0.2) is 9.97 Å². The first-order valence-corrected chi connectivity index (χ1v) is 8.66. The predicted molar refractivity (Wildman–Crippen MR) is 90.4 cm³/mol. The van der Waals surface area contributed by atoms with Gasteiger partial charge in [-0.1, -0.05) is 6.92 Å². The summed E-state index contributed by atoms with van der Waals surface area (Å²) < 4.78 is 0. The number of nitrogens with zero attached hydrogens (tertiary/aromatic N) is 3. The fourth-order valence-electron chi connectivity index (χ4n) is 1.95. The van der Waals surface area contributed by atoms with Crippen LogP contribution in [-0.4, -0.2) is 21.5 Å². The first kappa shape index (κ1) is 14.2. The third-order valence-electron chi connectivity index (χ3n) is 2.93. The van der Waals surface area contributed by atoms with Crippen molar-refractivity contribution in [3.63, 3.8) is 0 Å². The van der Waals surface area contributed by atoms with Crippen LogP contribution in [0.5, 0.6) is 0 Å². The molecule has 0 aromatic carbocycles. The molecule has 0 radical (unpaired) electrons. The number of fused-ring (bicyclic) bond motifs is 1. The van der Waals surface area contributed by atoms with Crippen LogP contribution in [0.4, 0.5) is 11.8 Å². The molecule has 3 heterocycles. The number of aromatic nitrogens is 3. The van der Waals surface area contributed by atoms with Gasteiger partial charge in [-0.15, -0.1) is 22.7 Å². The zero-order valence-electron chi connectivity index (χ0n) is 12.0.